The second kappa shape index (κ2) is 14.6. The zero-order valence-corrected chi connectivity index (χ0v) is 34.5. The molecule has 10 aromatic carbocycles. The molecule has 0 unspecified atom stereocenters. The molecule has 12 rings (SSSR count). The quantitative estimate of drug-likeness (QED) is 0.155. The lowest BCUT2D eigenvalue weighted by Gasteiger charge is -2.34. The molecule has 0 amide bonds. The molecule has 1 aromatic heterocycles. The summed E-state index contributed by atoms with van der Waals surface area (Å²) >= 11 is 1.84. The van der Waals surface area contributed by atoms with Gasteiger partial charge in [0.15, 0.2) is 0 Å². The van der Waals surface area contributed by atoms with Crippen molar-refractivity contribution in [1.29, 1.82) is 0 Å². The first-order valence-corrected chi connectivity index (χ1v) is 21.9. The maximum Gasteiger partial charge on any atom is 0.123 e. The van der Waals surface area contributed by atoms with Crippen molar-refractivity contribution in [3.63, 3.8) is 0 Å². The second-order valence-electron chi connectivity index (χ2n) is 16.1. The van der Waals surface area contributed by atoms with Gasteiger partial charge >= 0.3 is 0 Å². The Bertz CT molecular complexity index is 3450. The van der Waals surface area contributed by atoms with Crippen LogP contribution in [0, 0.1) is 5.82 Å². The minimum Gasteiger partial charge on any atom is -0.310 e. The number of nitrogens with zero attached hydrogens (tertiary/aromatic N) is 1. The van der Waals surface area contributed by atoms with E-state index in [9.17, 15) is 4.39 Å². The lowest BCUT2D eigenvalue weighted by atomic mass is 9.68. The Morgan fingerprint density at radius 3 is 1.74 bits per heavy atom. The monoisotopic (exact) mass is 811 g/mol. The highest BCUT2D eigenvalue weighted by Gasteiger charge is 2.47. The van der Waals surface area contributed by atoms with Crippen molar-refractivity contribution in [2.75, 3.05) is 4.90 Å². The van der Waals surface area contributed by atoms with Crippen LogP contribution >= 0.6 is 11.3 Å². The Labute approximate surface area is 364 Å². The summed E-state index contributed by atoms with van der Waals surface area (Å²) in [5, 5.41) is 4.75. The molecule has 0 saturated carbocycles. The standard InChI is InChI=1S/C59H38FNS/c60-44-24-11-18-40(36-44)47-28-13-16-39-17-14-29-48(57(39)47)41-19-12-25-45(37-41)61(46-34-35-50-49-26-8-10-33-55(49)62-56(50)38-46)54-32-15-31-53-58(54)51-27-7-9-30-52(51)59(53,42-20-3-1-4-21-42)43-22-5-2-6-23-43/h1-38H. The van der Waals surface area contributed by atoms with Crippen LogP contribution in [-0.4, -0.2) is 0 Å². The van der Waals surface area contributed by atoms with Crippen LogP contribution in [-0.2, 0) is 5.41 Å². The Kier molecular flexibility index (Phi) is 8.51. The molecule has 0 saturated heterocycles. The van der Waals surface area contributed by atoms with E-state index in [0.717, 1.165) is 50.1 Å². The van der Waals surface area contributed by atoms with Gasteiger partial charge in [0.25, 0.3) is 0 Å². The number of halogens is 1. The van der Waals surface area contributed by atoms with E-state index in [1.54, 1.807) is 12.1 Å². The Hall–Kier alpha value is -7.59. The van der Waals surface area contributed by atoms with Crippen molar-refractivity contribution in [3.05, 3.63) is 259 Å². The molecular formula is C59H38FNS. The van der Waals surface area contributed by atoms with E-state index in [0.29, 0.717) is 0 Å². The average molecular weight is 812 g/mol. The first-order valence-electron chi connectivity index (χ1n) is 21.1. The van der Waals surface area contributed by atoms with Gasteiger partial charge in [0, 0.05) is 37.1 Å². The number of anilines is 3. The molecule has 0 fully saturated rings. The molecular weight excluding hydrogens is 774 g/mol. The van der Waals surface area contributed by atoms with E-state index in [1.807, 2.05) is 17.4 Å². The van der Waals surface area contributed by atoms with Crippen LogP contribution in [0.3, 0.4) is 0 Å². The highest BCUT2D eigenvalue weighted by molar-refractivity contribution is 7.25. The fourth-order valence-electron chi connectivity index (χ4n) is 10.2. The molecule has 0 N–H and O–H groups in total. The molecule has 1 nitrogen and oxygen atoms in total. The highest BCUT2D eigenvalue weighted by atomic mass is 32.1. The van der Waals surface area contributed by atoms with E-state index < -0.39 is 5.41 Å². The maximum absolute atomic E-state index is 14.7. The number of hydrogen-bond donors (Lipinski definition) is 0. The van der Waals surface area contributed by atoms with Crippen LogP contribution in [0.2, 0.25) is 0 Å². The molecule has 0 spiro atoms. The summed E-state index contributed by atoms with van der Waals surface area (Å²) < 4.78 is 17.2. The number of benzene rings is 10. The third-order valence-electron chi connectivity index (χ3n) is 12.8. The van der Waals surface area contributed by atoms with Gasteiger partial charge in [0.05, 0.1) is 11.1 Å². The minimum absolute atomic E-state index is 0.245. The number of rotatable bonds is 7. The van der Waals surface area contributed by atoms with Gasteiger partial charge in [-0.1, -0.05) is 182 Å². The fraction of sp³-hybridized carbons (Fsp3) is 0.0169. The predicted molar refractivity (Wildman–Crippen MR) is 260 cm³/mol. The number of thiophene rings is 1. The Balaban J connectivity index is 1.13. The summed E-state index contributed by atoms with van der Waals surface area (Å²) in [5.41, 5.74) is 14.2. The molecule has 0 radical (unpaired) electrons. The van der Waals surface area contributed by atoms with Gasteiger partial charge < -0.3 is 4.90 Å². The number of fused-ring (bicyclic) bond motifs is 7. The van der Waals surface area contributed by atoms with Gasteiger partial charge in [-0.15, -0.1) is 11.3 Å². The number of hydrogen-bond acceptors (Lipinski definition) is 2. The van der Waals surface area contributed by atoms with Gasteiger partial charge in [-0.25, -0.2) is 4.39 Å². The van der Waals surface area contributed by atoms with Crippen molar-refractivity contribution >= 4 is 59.3 Å². The first kappa shape index (κ1) is 36.3. The van der Waals surface area contributed by atoms with Crippen molar-refractivity contribution in [2.45, 2.75) is 5.41 Å². The van der Waals surface area contributed by atoms with Crippen molar-refractivity contribution in [1.82, 2.24) is 0 Å². The van der Waals surface area contributed by atoms with E-state index in [-0.39, 0.29) is 5.82 Å². The van der Waals surface area contributed by atoms with Crippen LogP contribution in [0.5, 0.6) is 0 Å². The SMILES string of the molecule is Fc1cccc(-c2cccc3cccc(-c4cccc(N(c5ccc6c(c5)sc5ccccc56)c5cccc6c5-c5ccccc5C6(c5ccccc5)c5ccccc5)c4)c23)c1. The Morgan fingerprint density at radius 2 is 0.984 bits per heavy atom. The normalized spacial score (nSPS) is 12.7. The topological polar surface area (TPSA) is 3.24 Å². The summed E-state index contributed by atoms with van der Waals surface area (Å²) in [4.78, 5) is 2.47. The third-order valence-corrected chi connectivity index (χ3v) is 13.9. The van der Waals surface area contributed by atoms with E-state index >= 15 is 0 Å². The first-order chi connectivity index (χ1) is 30.7. The predicted octanol–water partition coefficient (Wildman–Crippen LogP) is 16.5. The summed E-state index contributed by atoms with van der Waals surface area (Å²) in [6.07, 6.45) is 0. The van der Waals surface area contributed by atoms with Crippen LogP contribution in [0.15, 0.2) is 231 Å². The van der Waals surface area contributed by atoms with Crippen molar-refractivity contribution < 1.29 is 4.39 Å². The highest BCUT2D eigenvalue weighted by Crippen LogP contribution is 2.59. The Morgan fingerprint density at radius 1 is 0.403 bits per heavy atom. The lowest BCUT2D eigenvalue weighted by molar-refractivity contribution is 0.628. The lowest BCUT2D eigenvalue weighted by Crippen LogP contribution is -2.28. The molecule has 0 aliphatic heterocycles. The van der Waals surface area contributed by atoms with Crippen LogP contribution in [0.4, 0.5) is 21.5 Å². The van der Waals surface area contributed by atoms with E-state index in [4.69, 9.17) is 0 Å². The maximum atomic E-state index is 14.7. The zero-order valence-electron chi connectivity index (χ0n) is 33.7. The zero-order chi connectivity index (χ0) is 41.2. The molecule has 1 aliphatic rings. The second-order valence-corrected chi connectivity index (χ2v) is 17.2. The summed E-state index contributed by atoms with van der Waals surface area (Å²) in [5.74, 6) is -0.245. The van der Waals surface area contributed by atoms with Crippen LogP contribution < -0.4 is 4.90 Å². The van der Waals surface area contributed by atoms with Gasteiger partial charge in [0.1, 0.15) is 5.82 Å². The van der Waals surface area contributed by atoms with Crippen LogP contribution in [0.1, 0.15) is 22.3 Å². The average Bonchev–Trinajstić information content (AvgIpc) is 3.86. The molecule has 0 atom stereocenters. The summed E-state index contributed by atoms with van der Waals surface area (Å²) in [6.45, 7) is 0. The van der Waals surface area contributed by atoms with E-state index in [2.05, 4.69) is 211 Å². The van der Waals surface area contributed by atoms with Gasteiger partial charge in [-0.3, -0.25) is 0 Å². The summed E-state index contributed by atoms with van der Waals surface area (Å²) in [7, 11) is 0. The molecule has 292 valence electrons. The fourth-order valence-corrected chi connectivity index (χ4v) is 11.4. The largest absolute Gasteiger partial charge is 0.310 e. The molecule has 1 heterocycles. The minimum atomic E-state index is -0.538. The third kappa shape index (κ3) is 5.59. The van der Waals surface area contributed by atoms with E-state index in [1.165, 1.54) is 59.6 Å². The van der Waals surface area contributed by atoms with Gasteiger partial charge in [-0.2, -0.15) is 0 Å². The van der Waals surface area contributed by atoms with Crippen molar-refractivity contribution in [2.24, 2.45) is 0 Å². The van der Waals surface area contributed by atoms with Gasteiger partial charge in [-0.05, 0) is 109 Å². The molecule has 62 heavy (non-hydrogen) atoms. The molecule has 11 aromatic rings. The summed E-state index contributed by atoms with van der Waals surface area (Å²) in [6, 6.07) is 82.2. The van der Waals surface area contributed by atoms with Crippen LogP contribution in [0.25, 0.3) is 64.3 Å². The van der Waals surface area contributed by atoms with Crippen molar-refractivity contribution in [3.8, 4) is 33.4 Å². The molecule has 0 bridgehead atoms. The smallest absolute Gasteiger partial charge is 0.123 e. The molecule has 1 aliphatic carbocycles. The van der Waals surface area contributed by atoms with Gasteiger partial charge in [0.2, 0.25) is 0 Å². The molecule has 3 heteroatoms.